The number of nitrogens with one attached hydrogen (secondary N) is 1. The van der Waals surface area contributed by atoms with Crippen LogP contribution >= 0.6 is 11.8 Å². The van der Waals surface area contributed by atoms with Gasteiger partial charge in [0, 0.05) is 34.6 Å². The van der Waals surface area contributed by atoms with Gasteiger partial charge in [0.25, 0.3) is 0 Å². The lowest BCUT2D eigenvalue weighted by molar-refractivity contribution is -0.136. The van der Waals surface area contributed by atoms with Crippen molar-refractivity contribution in [1.29, 1.82) is 0 Å². The highest BCUT2D eigenvalue weighted by molar-refractivity contribution is 7.98. The normalized spacial score (nSPS) is 18.1. The molecular weight excluding hydrogens is 372 g/mol. The lowest BCUT2D eigenvalue weighted by Crippen LogP contribution is -2.15. The van der Waals surface area contributed by atoms with Gasteiger partial charge in [0.1, 0.15) is 11.6 Å². The zero-order chi connectivity index (χ0) is 19.4. The monoisotopic (exact) mass is 391 g/mol. The van der Waals surface area contributed by atoms with Gasteiger partial charge in [-0.2, -0.15) is 11.8 Å². The van der Waals surface area contributed by atoms with Crippen molar-refractivity contribution in [3.63, 3.8) is 0 Å². The van der Waals surface area contributed by atoms with Gasteiger partial charge in [-0.05, 0) is 36.2 Å². The van der Waals surface area contributed by atoms with Crippen molar-refractivity contribution in [2.45, 2.75) is 24.5 Å². The van der Waals surface area contributed by atoms with Gasteiger partial charge in [0.05, 0.1) is 6.42 Å². The Hall–Kier alpha value is -2.41. The summed E-state index contributed by atoms with van der Waals surface area (Å²) in [6.45, 7) is 0. The number of hydrogen-bond acceptors (Lipinski definition) is 3. The molecule has 1 aliphatic rings. The number of carbonyl (C=O) groups is 2. The fourth-order valence-corrected chi connectivity index (χ4v) is 3.87. The number of anilines is 1. The predicted octanol–water partition coefficient (Wildman–Crippen LogP) is 4.41. The van der Waals surface area contributed by atoms with Crippen molar-refractivity contribution in [3.8, 4) is 0 Å². The third kappa shape index (κ3) is 5.07. The molecule has 7 heteroatoms. The number of carbonyl (C=O) groups excluding carboxylic acids is 1. The number of amides is 1. The second-order valence-corrected chi connectivity index (χ2v) is 7.58. The first-order valence-electron chi connectivity index (χ1n) is 8.59. The molecule has 2 unspecified atom stereocenters. The first-order valence-corrected chi connectivity index (χ1v) is 9.74. The average Bonchev–Trinajstić information content (AvgIpc) is 3.39. The lowest BCUT2D eigenvalue weighted by atomic mass is 10.1. The van der Waals surface area contributed by atoms with E-state index in [4.69, 9.17) is 5.11 Å². The molecule has 2 aromatic carbocycles. The molecule has 4 nitrogen and oxygen atoms in total. The first kappa shape index (κ1) is 19.4. The number of carboxylic acid groups (broad SMARTS) is 1. The van der Waals surface area contributed by atoms with Crippen LogP contribution in [0.4, 0.5) is 14.5 Å². The van der Waals surface area contributed by atoms with E-state index in [1.807, 2.05) is 18.2 Å². The fourth-order valence-electron chi connectivity index (χ4n) is 2.99. The first-order chi connectivity index (χ1) is 13.0. The van der Waals surface area contributed by atoms with Crippen LogP contribution in [0.1, 0.15) is 29.9 Å². The molecule has 2 atom stereocenters. The summed E-state index contributed by atoms with van der Waals surface area (Å²) >= 11 is 1.50. The van der Waals surface area contributed by atoms with E-state index in [-0.39, 0.29) is 17.9 Å². The van der Waals surface area contributed by atoms with Crippen molar-refractivity contribution < 1.29 is 23.5 Å². The summed E-state index contributed by atoms with van der Waals surface area (Å²) in [5.74, 6) is -2.02. The second-order valence-electron chi connectivity index (χ2n) is 6.47. The van der Waals surface area contributed by atoms with E-state index in [1.165, 1.54) is 30.0 Å². The minimum absolute atomic E-state index is 0.0127. The minimum Gasteiger partial charge on any atom is -0.481 e. The Bertz CT molecular complexity index is 839. The van der Waals surface area contributed by atoms with Gasteiger partial charge in [-0.3, -0.25) is 9.59 Å². The van der Waals surface area contributed by atoms with Crippen molar-refractivity contribution >= 4 is 29.3 Å². The summed E-state index contributed by atoms with van der Waals surface area (Å²) < 4.78 is 27.7. The maximum atomic E-state index is 13.8. The molecule has 2 aromatic rings. The smallest absolute Gasteiger partial charge is 0.304 e. The van der Waals surface area contributed by atoms with Gasteiger partial charge in [0.15, 0.2) is 0 Å². The average molecular weight is 391 g/mol. The maximum absolute atomic E-state index is 13.8. The van der Waals surface area contributed by atoms with Crippen molar-refractivity contribution in [3.05, 3.63) is 65.2 Å². The van der Waals surface area contributed by atoms with E-state index in [9.17, 15) is 18.4 Å². The molecule has 0 heterocycles. The number of halogens is 2. The summed E-state index contributed by atoms with van der Waals surface area (Å²) in [5, 5.41) is 11.4. The molecule has 0 saturated heterocycles. The zero-order valence-corrected chi connectivity index (χ0v) is 15.3. The standard InChI is InChI=1S/C20H19F2NO3S/c21-16-5-2-6-17(22)19(16)14-10-15(14)20(26)23-13-4-1-3-12(9-13)11-27-8-7-18(24)25/h1-6,9,14-15H,7-8,10-11H2,(H,23,26)(H,24,25). The predicted molar refractivity (Wildman–Crippen MR) is 101 cm³/mol. The fraction of sp³-hybridized carbons (Fsp3) is 0.300. The van der Waals surface area contributed by atoms with E-state index >= 15 is 0 Å². The van der Waals surface area contributed by atoms with E-state index in [1.54, 1.807) is 6.07 Å². The van der Waals surface area contributed by atoms with Gasteiger partial charge >= 0.3 is 5.97 Å². The molecule has 1 fully saturated rings. The molecule has 2 N–H and O–H groups in total. The van der Waals surface area contributed by atoms with Crippen LogP contribution in [0, 0.1) is 17.6 Å². The summed E-state index contributed by atoms with van der Waals surface area (Å²) in [6, 6.07) is 11.0. The van der Waals surface area contributed by atoms with Gasteiger partial charge in [-0.1, -0.05) is 18.2 Å². The highest BCUT2D eigenvalue weighted by atomic mass is 32.2. The van der Waals surface area contributed by atoms with Gasteiger partial charge in [-0.25, -0.2) is 8.78 Å². The van der Waals surface area contributed by atoms with Crippen LogP contribution in [-0.4, -0.2) is 22.7 Å². The summed E-state index contributed by atoms with van der Waals surface area (Å²) in [6.07, 6.45) is 0.533. The highest BCUT2D eigenvalue weighted by Crippen LogP contribution is 2.49. The van der Waals surface area contributed by atoms with Crippen molar-refractivity contribution in [1.82, 2.24) is 0 Å². The highest BCUT2D eigenvalue weighted by Gasteiger charge is 2.46. The number of benzene rings is 2. The molecular formula is C20H19F2NO3S. The van der Waals surface area contributed by atoms with Crippen LogP contribution in [0.2, 0.25) is 0 Å². The van der Waals surface area contributed by atoms with Gasteiger partial charge in [-0.15, -0.1) is 0 Å². The molecule has 1 aliphatic carbocycles. The van der Waals surface area contributed by atoms with Crippen LogP contribution in [-0.2, 0) is 15.3 Å². The van der Waals surface area contributed by atoms with Crippen LogP contribution in [0.25, 0.3) is 0 Å². The molecule has 27 heavy (non-hydrogen) atoms. The summed E-state index contributed by atoms with van der Waals surface area (Å²) in [4.78, 5) is 22.9. The second kappa shape index (κ2) is 8.52. The Labute approximate surface area is 160 Å². The van der Waals surface area contributed by atoms with Gasteiger partial charge in [0.2, 0.25) is 5.91 Å². The Morgan fingerprint density at radius 2 is 1.85 bits per heavy atom. The molecule has 0 aliphatic heterocycles. The van der Waals surface area contributed by atoms with E-state index in [0.717, 1.165) is 5.56 Å². The number of carboxylic acids is 1. The number of hydrogen-bond donors (Lipinski definition) is 2. The summed E-state index contributed by atoms with van der Waals surface area (Å²) in [5.41, 5.74) is 1.58. The number of aliphatic carboxylic acids is 1. The molecule has 3 rings (SSSR count). The van der Waals surface area contributed by atoms with E-state index in [0.29, 0.717) is 23.6 Å². The molecule has 1 amide bonds. The molecule has 0 bridgehead atoms. The Morgan fingerprint density at radius 3 is 2.56 bits per heavy atom. The molecule has 0 aromatic heterocycles. The zero-order valence-electron chi connectivity index (χ0n) is 14.5. The van der Waals surface area contributed by atoms with Crippen LogP contribution < -0.4 is 5.32 Å². The van der Waals surface area contributed by atoms with Gasteiger partial charge < -0.3 is 10.4 Å². The summed E-state index contributed by atoms with van der Waals surface area (Å²) in [7, 11) is 0. The molecule has 0 radical (unpaired) electrons. The number of thioether (sulfide) groups is 1. The largest absolute Gasteiger partial charge is 0.481 e. The Balaban J connectivity index is 1.56. The van der Waals surface area contributed by atoms with Crippen LogP contribution in [0.3, 0.4) is 0 Å². The van der Waals surface area contributed by atoms with Crippen molar-refractivity contribution in [2.24, 2.45) is 5.92 Å². The van der Waals surface area contributed by atoms with Crippen LogP contribution in [0.15, 0.2) is 42.5 Å². The molecule has 142 valence electrons. The SMILES string of the molecule is O=C(O)CCSCc1cccc(NC(=O)C2CC2c2c(F)cccc2F)c1. The van der Waals surface area contributed by atoms with Crippen molar-refractivity contribution in [2.75, 3.05) is 11.1 Å². The van der Waals surface area contributed by atoms with E-state index < -0.39 is 29.4 Å². The third-order valence-corrected chi connectivity index (χ3v) is 5.45. The topological polar surface area (TPSA) is 66.4 Å². The molecule has 1 saturated carbocycles. The third-order valence-electron chi connectivity index (χ3n) is 4.42. The Kier molecular flexibility index (Phi) is 6.11. The quantitative estimate of drug-likeness (QED) is 0.654. The number of rotatable bonds is 8. The lowest BCUT2D eigenvalue weighted by Gasteiger charge is -2.08. The van der Waals surface area contributed by atoms with Crippen LogP contribution in [0.5, 0.6) is 0 Å². The maximum Gasteiger partial charge on any atom is 0.304 e. The minimum atomic E-state index is -0.825. The Morgan fingerprint density at radius 1 is 1.15 bits per heavy atom. The van der Waals surface area contributed by atoms with E-state index in [2.05, 4.69) is 5.32 Å². The molecule has 0 spiro atoms.